The average molecular weight is 388 g/mol. The number of carbonyl (C=O) groups excluding carboxylic acids is 3. The van der Waals surface area contributed by atoms with Crippen LogP contribution in [0.25, 0.3) is 0 Å². The number of nitro benzene ring substituents is 1. The van der Waals surface area contributed by atoms with Crippen molar-refractivity contribution >= 4 is 29.0 Å². The fourth-order valence-corrected chi connectivity index (χ4v) is 2.30. The summed E-state index contributed by atoms with van der Waals surface area (Å²) in [5.74, 6) is -2.16. The third-order valence-electron chi connectivity index (χ3n) is 3.78. The van der Waals surface area contributed by atoms with Crippen LogP contribution in [0.2, 0.25) is 0 Å². The van der Waals surface area contributed by atoms with Gasteiger partial charge >= 0.3 is 5.97 Å². The van der Waals surface area contributed by atoms with Crippen molar-refractivity contribution in [2.75, 3.05) is 11.9 Å². The van der Waals surface area contributed by atoms with Gasteiger partial charge in [0.2, 0.25) is 0 Å². The third kappa shape index (κ3) is 5.97. The van der Waals surface area contributed by atoms with Gasteiger partial charge in [-0.3, -0.25) is 24.5 Å². The van der Waals surface area contributed by atoms with Gasteiger partial charge < -0.3 is 10.1 Å². The number of halogens is 1. The molecule has 0 aliphatic carbocycles. The lowest BCUT2D eigenvalue weighted by Crippen LogP contribution is -2.21. The standard InChI is InChI=1S/C19H17FN2O6/c1-12-10-15(22(26)27)6-7-16(12)21-18(24)11-28-19(25)9-8-17(23)13-2-4-14(20)5-3-13/h2-7,10H,8-9,11H2,1H3,(H,21,24). The zero-order valence-electron chi connectivity index (χ0n) is 14.9. The quantitative estimate of drug-likeness (QED) is 0.321. The van der Waals surface area contributed by atoms with Gasteiger partial charge in [-0.25, -0.2) is 4.39 Å². The summed E-state index contributed by atoms with van der Waals surface area (Å²) in [6.45, 7) is 1.04. The Hall–Kier alpha value is -3.62. The lowest BCUT2D eigenvalue weighted by atomic mass is 10.1. The normalized spacial score (nSPS) is 10.2. The van der Waals surface area contributed by atoms with Gasteiger partial charge in [0.25, 0.3) is 11.6 Å². The molecule has 2 rings (SSSR count). The molecule has 8 nitrogen and oxygen atoms in total. The molecule has 28 heavy (non-hydrogen) atoms. The zero-order chi connectivity index (χ0) is 20.7. The Morgan fingerprint density at radius 1 is 1.11 bits per heavy atom. The van der Waals surface area contributed by atoms with E-state index in [0.717, 1.165) is 12.1 Å². The number of anilines is 1. The third-order valence-corrected chi connectivity index (χ3v) is 3.78. The molecule has 0 radical (unpaired) electrons. The molecule has 0 heterocycles. The molecule has 146 valence electrons. The van der Waals surface area contributed by atoms with Crippen LogP contribution in [0.5, 0.6) is 0 Å². The molecular formula is C19H17FN2O6. The molecule has 0 saturated carbocycles. The van der Waals surface area contributed by atoms with Crippen LogP contribution in [0, 0.1) is 22.9 Å². The van der Waals surface area contributed by atoms with Gasteiger partial charge in [-0.15, -0.1) is 0 Å². The maximum atomic E-state index is 12.8. The Labute approximate surface area is 159 Å². The van der Waals surface area contributed by atoms with Crippen molar-refractivity contribution in [1.29, 1.82) is 0 Å². The van der Waals surface area contributed by atoms with E-state index in [1.54, 1.807) is 6.92 Å². The first-order chi connectivity index (χ1) is 13.3. The molecule has 0 aliphatic heterocycles. The van der Waals surface area contributed by atoms with Crippen molar-refractivity contribution in [3.8, 4) is 0 Å². The Kier molecular flexibility index (Phi) is 6.91. The van der Waals surface area contributed by atoms with Gasteiger partial charge in [-0.1, -0.05) is 0 Å². The van der Waals surface area contributed by atoms with Crippen LogP contribution in [0.15, 0.2) is 42.5 Å². The molecular weight excluding hydrogens is 371 g/mol. The largest absolute Gasteiger partial charge is 0.456 e. The molecule has 0 fully saturated rings. The number of non-ortho nitro benzene ring substituents is 1. The van der Waals surface area contributed by atoms with Crippen molar-refractivity contribution in [2.24, 2.45) is 0 Å². The van der Waals surface area contributed by atoms with Crippen molar-refractivity contribution in [1.82, 2.24) is 0 Å². The summed E-state index contributed by atoms with van der Waals surface area (Å²) < 4.78 is 17.6. The van der Waals surface area contributed by atoms with E-state index < -0.39 is 29.2 Å². The van der Waals surface area contributed by atoms with E-state index in [1.807, 2.05) is 0 Å². The number of Topliss-reactive ketones (excluding diaryl/α,β-unsaturated/α-hetero) is 1. The molecule has 0 bridgehead atoms. The van der Waals surface area contributed by atoms with Crippen molar-refractivity contribution in [3.63, 3.8) is 0 Å². The number of rotatable bonds is 8. The molecule has 0 saturated heterocycles. The van der Waals surface area contributed by atoms with Crippen LogP contribution in [-0.4, -0.2) is 29.2 Å². The molecule has 2 aromatic rings. The molecule has 1 N–H and O–H groups in total. The molecule has 9 heteroatoms. The molecule has 1 amide bonds. The van der Waals surface area contributed by atoms with Gasteiger partial charge in [0.15, 0.2) is 12.4 Å². The molecule has 0 aromatic heterocycles. The fraction of sp³-hybridized carbons (Fsp3) is 0.211. The second-order valence-corrected chi connectivity index (χ2v) is 5.90. The van der Waals surface area contributed by atoms with Crippen LogP contribution < -0.4 is 5.32 Å². The highest BCUT2D eigenvalue weighted by Gasteiger charge is 2.14. The van der Waals surface area contributed by atoms with Gasteiger partial charge in [-0.05, 0) is 42.8 Å². The summed E-state index contributed by atoms with van der Waals surface area (Å²) in [6, 6.07) is 8.88. The first-order valence-corrected chi connectivity index (χ1v) is 8.25. The first-order valence-electron chi connectivity index (χ1n) is 8.25. The van der Waals surface area contributed by atoms with Crippen LogP contribution in [0.4, 0.5) is 15.8 Å². The highest BCUT2D eigenvalue weighted by atomic mass is 19.1. The van der Waals surface area contributed by atoms with Gasteiger partial charge in [0.1, 0.15) is 5.82 Å². The van der Waals surface area contributed by atoms with Gasteiger partial charge in [0, 0.05) is 29.8 Å². The number of benzene rings is 2. The molecule has 0 spiro atoms. The zero-order valence-corrected chi connectivity index (χ0v) is 14.9. The number of hydrogen-bond acceptors (Lipinski definition) is 6. The summed E-state index contributed by atoms with van der Waals surface area (Å²) >= 11 is 0. The summed E-state index contributed by atoms with van der Waals surface area (Å²) in [5, 5.41) is 13.2. The van der Waals surface area contributed by atoms with Crippen LogP contribution >= 0.6 is 0 Å². The molecule has 0 aliphatic rings. The van der Waals surface area contributed by atoms with E-state index in [0.29, 0.717) is 11.3 Å². The van der Waals surface area contributed by atoms with Gasteiger partial charge in [-0.2, -0.15) is 0 Å². The first kappa shape index (κ1) is 20.7. The second kappa shape index (κ2) is 9.36. The molecule has 0 unspecified atom stereocenters. The molecule has 2 aromatic carbocycles. The highest BCUT2D eigenvalue weighted by Crippen LogP contribution is 2.21. The summed E-state index contributed by atoms with van der Waals surface area (Å²) in [5.41, 5.74) is 1.02. The number of nitrogens with one attached hydrogen (secondary N) is 1. The number of amides is 1. The van der Waals surface area contributed by atoms with Crippen molar-refractivity contribution < 1.29 is 28.4 Å². The van der Waals surface area contributed by atoms with E-state index in [9.17, 15) is 28.9 Å². The topological polar surface area (TPSA) is 116 Å². The Bertz CT molecular complexity index is 911. The number of hydrogen-bond donors (Lipinski definition) is 1. The predicted octanol–water partition coefficient (Wildman–Crippen LogP) is 3.19. The van der Waals surface area contributed by atoms with Gasteiger partial charge in [0.05, 0.1) is 11.3 Å². The maximum absolute atomic E-state index is 12.8. The highest BCUT2D eigenvalue weighted by molar-refractivity contribution is 5.98. The fourth-order valence-electron chi connectivity index (χ4n) is 2.30. The minimum Gasteiger partial charge on any atom is -0.456 e. The number of ketones is 1. The number of esters is 1. The number of aryl methyl sites for hydroxylation is 1. The van der Waals surface area contributed by atoms with Crippen molar-refractivity contribution in [3.05, 3.63) is 69.5 Å². The number of nitro groups is 1. The monoisotopic (exact) mass is 388 g/mol. The van der Waals surface area contributed by atoms with E-state index in [4.69, 9.17) is 4.74 Å². The lowest BCUT2D eigenvalue weighted by Gasteiger charge is -2.09. The second-order valence-electron chi connectivity index (χ2n) is 5.90. The summed E-state index contributed by atoms with van der Waals surface area (Å²) in [4.78, 5) is 45.6. The summed E-state index contributed by atoms with van der Waals surface area (Å²) in [7, 11) is 0. The van der Waals surface area contributed by atoms with E-state index in [2.05, 4.69) is 5.32 Å². The maximum Gasteiger partial charge on any atom is 0.306 e. The molecule has 0 atom stereocenters. The SMILES string of the molecule is Cc1cc([N+](=O)[O-])ccc1NC(=O)COC(=O)CCC(=O)c1ccc(F)cc1. The lowest BCUT2D eigenvalue weighted by molar-refractivity contribution is -0.384. The van der Waals surface area contributed by atoms with Crippen LogP contribution in [0.1, 0.15) is 28.8 Å². The van der Waals surface area contributed by atoms with E-state index >= 15 is 0 Å². The van der Waals surface area contributed by atoms with E-state index in [1.165, 1.54) is 30.3 Å². The number of nitrogens with zero attached hydrogens (tertiary/aromatic N) is 1. The Balaban J connectivity index is 1.77. The van der Waals surface area contributed by atoms with Crippen LogP contribution in [0.3, 0.4) is 0 Å². The Morgan fingerprint density at radius 3 is 2.39 bits per heavy atom. The Morgan fingerprint density at radius 2 is 1.79 bits per heavy atom. The summed E-state index contributed by atoms with van der Waals surface area (Å²) in [6.07, 6.45) is -0.354. The van der Waals surface area contributed by atoms with Crippen LogP contribution in [-0.2, 0) is 14.3 Å². The van der Waals surface area contributed by atoms with Crippen molar-refractivity contribution in [2.45, 2.75) is 19.8 Å². The number of ether oxygens (including phenoxy) is 1. The minimum absolute atomic E-state index is 0.104. The smallest absolute Gasteiger partial charge is 0.306 e. The van der Waals surface area contributed by atoms with E-state index in [-0.39, 0.29) is 29.9 Å². The average Bonchev–Trinajstić information content (AvgIpc) is 2.66. The minimum atomic E-state index is -0.731. The number of carbonyl (C=O) groups is 3. The predicted molar refractivity (Wildman–Crippen MR) is 97.4 cm³/mol.